The topological polar surface area (TPSA) is 92.8 Å². The van der Waals surface area contributed by atoms with E-state index in [4.69, 9.17) is 0 Å². The molecule has 9 heteroatoms. The van der Waals surface area contributed by atoms with Gasteiger partial charge in [-0.15, -0.1) is 0 Å². The van der Waals surface area contributed by atoms with Gasteiger partial charge in [0, 0.05) is 12.5 Å². The molecule has 0 heterocycles. The molecular weight excluding hydrogens is 376 g/mol. The van der Waals surface area contributed by atoms with Crippen molar-refractivity contribution in [1.29, 1.82) is 0 Å². The lowest BCUT2D eigenvalue weighted by Crippen LogP contribution is -2.46. The number of thioether (sulfide) groups is 1. The second kappa shape index (κ2) is 11.0. The maximum Gasteiger partial charge on any atom is 0.328 e. The van der Waals surface area contributed by atoms with Gasteiger partial charge in [0.2, 0.25) is 15.9 Å². The van der Waals surface area contributed by atoms with Crippen molar-refractivity contribution in [2.45, 2.75) is 12.5 Å². The second-order valence-corrected chi connectivity index (χ2v) is 8.35. The average Bonchev–Trinajstić information content (AvgIpc) is 2.63. The highest BCUT2D eigenvalue weighted by molar-refractivity contribution is 7.98. The molecule has 0 radical (unpaired) electrons. The highest BCUT2D eigenvalue weighted by Gasteiger charge is 2.24. The predicted molar refractivity (Wildman–Crippen MR) is 104 cm³/mol. The number of carbonyl (C=O) groups is 2. The lowest BCUT2D eigenvalue weighted by atomic mass is 10.2. The summed E-state index contributed by atoms with van der Waals surface area (Å²) in [5, 5.41) is 3.57. The van der Waals surface area contributed by atoms with Crippen molar-refractivity contribution in [2.24, 2.45) is 0 Å². The minimum absolute atomic E-state index is 0.395. The molecule has 1 rings (SSSR count). The molecule has 0 aliphatic carbocycles. The Morgan fingerprint density at radius 3 is 2.54 bits per heavy atom. The number of carbonyl (C=O) groups excluding carboxylic acids is 2. The Morgan fingerprint density at radius 2 is 1.96 bits per heavy atom. The molecule has 144 valence electrons. The van der Waals surface area contributed by atoms with Crippen LogP contribution in [0.4, 0.5) is 0 Å². The molecule has 1 atom stereocenters. The summed E-state index contributed by atoms with van der Waals surface area (Å²) in [5.41, 5.74) is 0.733. The zero-order valence-corrected chi connectivity index (χ0v) is 16.7. The molecule has 1 aromatic carbocycles. The summed E-state index contributed by atoms with van der Waals surface area (Å²) in [6.45, 7) is -0.395. The molecule has 0 saturated heterocycles. The zero-order chi connectivity index (χ0) is 19.6. The Kier molecular flexibility index (Phi) is 9.39. The summed E-state index contributed by atoms with van der Waals surface area (Å²) in [6, 6.07) is 8.17. The number of amides is 1. The van der Waals surface area contributed by atoms with Gasteiger partial charge < -0.3 is 10.1 Å². The van der Waals surface area contributed by atoms with Gasteiger partial charge >= 0.3 is 5.97 Å². The average molecular weight is 401 g/mol. The summed E-state index contributed by atoms with van der Waals surface area (Å²) in [7, 11) is -1.21. The van der Waals surface area contributed by atoms with Crippen LogP contribution in [-0.2, 0) is 24.3 Å². The number of hydrogen-bond acceptors (Lipinski definition) is 6. The van der Waals surface area contributed by atoms with Gasteiger partial charge in [-0.1, -0.05) is 30.3 Å². The first kappa shape index (κ1) is 22.2. The van der Waals surface area contributed by atoms with Crippen LogP contribution in [0.2, 0.25) is 0 Å². The molecule has 0 fully saturated rings. The first-order valence-electron chi connectivity index (χ1n) is 7.85. The molecule has 0 bridgehead atoms. The minimum Gasteiger partial charge on any atom is -0.467 e. The lowest BCUT2D eigenvalue weighted by Gasteiger charge is -2.19. The number of rotatable bonds is 10. The molecule has 0 aliphatic rings. The maximum absolute atomic E-state index is 12.3. The van der Waals surface area contributed by atoms with E-state index in [1.807, 2.05) is 12.3 Å². The van der Waals surface area contributed by atoms with Gasteiger partial charge in [0.1, 0.15) is 6.04 Å². The third kappa shape index (κ3) is 7.59. The van der Waals surface area contributed by atoms with Crippen LogP contribution in [0.25, 0.3) is 6.08 Å². The van der Waals surface area contributed by atoms with Gasteiger partial charge in [-0.05, 0) is 30.1 Å². The summed E-state index contributed by atoms with van der Waals surface area (Å²) in [4.78, 5) is 23.8. The van der Waals surface area contributed by atoms with E-state index in [2.05, 4.69) is 10.1 Å². The van der Waals surface area contributed by atoms with Crippen molar-refractivity contribution < 1.29 is 22.7 Å². The van der Waals surface area contributed by atoms with Gasteiger partial charge in [0.25, 0.3) is 0 Å². The number of nitrogens with one attached hydrogen (secondary N) is 1. The number of benzene rings is 1. The standard InChI is InChI=1S/C17H24N2O5S2/c1-19(26(22,23)12-10-14-7-5-4-6-8-14)13-16(20)18-15(9-11-25-3)17(21)24-2/h4-8,10,12,15H,9,11,13H2,1-3H3,(H,18,20)/b12-10+/t15-/m0/s1. The largest absolute Gasteiger partial charge is 0.467 e. The molecule has 0 saturated carbocycles. The van der Waals surface area contributed by atoms with Crippen molar-refractivity contribution in [2.75, 3.05) is 32.7 Å². The highest BCUT2D eigenvalue weighted by atomic mass is 32.2. The molecular formula is C17H24N2O5S2. The van der Waals surface area contributed by atoms with E-state index in [-0.39, 0.29) is 0 Å². The molecule has 0 unspecified atom stereocenters. The first-order chi connectivity index (χ1) is 12.3. The van der Waals surface area contributed by atoms with Crippen LogP contribution in [0.15, 0.2) is 35.7 Å². The van der Waals surface area contributed by atoms with Crippen molar-refractivity contribution >= 4 is 39.7 Å². The number of likely N-dealkylation sites (N-methyl/N-ethyl adjacent to an activating group) is 1. The summed E-state index contributed by atoms with van der Waals surface area (Å²) in [6.07, 6.45) is 3.75. The molecule has 0 aliphatic heterocycles. The first-order valence-corrected chi connectivity index (χ1v) is 10.8. The van der Waals surface area contributed by atoms with Crippen molar-refractivity contribution in [1.82, 2.24) is 9.62 Å². The van der Waals surface area contributed by atoms with Gasteiger partial charge in [-0.3, -0.25) is 4.79 Å². The predicted octanol–water partition coefficient (Wildman–Crippen LogP) is 1.33. The SMILES string of the molecule is COC(=O)[C@H](CCSC)NC(=O)CN(C)S(=O)(=O)/C=C/c1ccccc1. The van der Waals surface area contributed by atoms with Crippen LogP contribution in [0.1, 0.15) is 12.0 Å². The van der Waals surface area contributed by atoms with Gasteiger partial charge in [0.05, 0.1) is 13.7 Å². The summed E-state index contributed by atoms with van der Waals surface area (Å²) in [5.74, 6) is -0.462. The third-order valence-corrected chi connectivity index (χ3v) is 5.59. The fourth-order valence-electron chi connectivity index (χ4n) is 1.99. The van der Waals surface area contributed by atoms with E-state index < -0.39 is 34.5 Å². The van der Waals surface area contributed by atoms with Crippen LogP contribution in [-0.4, -0.2) is 63.4 Å². The zero-order valence-electron chi connectivity index (χ0n) is 15.0. The van der Waals surface area contributed by atoms with Gasteiger partial charge in [0.15, 0.2) is 0 Å². The lowest BCUT2D eigenvalue weighted by molar-refractivity contribution is -0.145. The highest BCUT2D eigenvalue weighted by Crippen LogP contribution is 2.07. The van der Waals surface area contributed by atoms with Crippen LogP contribution < -0.4 is 5.32 Å². The normalized spacial score (nSPS) is 12.9. The molecule has 1 N–H and O–H groups in total. The Hall–Kier alpha value is -1.84. The Labute approximate surface area is 158 Å². The molecule has 7 nitrogen and oxygen atoms in total. The maximum atomic E-state index is 12.3. The van der Waals surface area contributed by atoms with E-state index >= 15 is 0 Å². The van der Waals surface area contributed by atoms with E-state index in [1.165, 1.54) is 32.0 Å². The van der Waals surface area contributed by atoms with Gasteiger partial charge in [-0.2, -0.15) is 16.1 Å². The van der Waals surface area contributed by atoms with Crippen LogP contribution in [0.5, 0.6) is 0 Å². The molecule has 0 aromatic heterocycles. The summed E-state index contributed by atoms with van der Waals surface area (Å²) >= 11 is 1.53. The number of methoxy groups -OCH3 is 1. The van der Waals surface area contributed by atoms with E-state index in [0.29, 0.717) is 12.2 Å². The number of nitrogens with zero attached hydrogens (tertiary/aromatic N) is 1. The van der Waals surface area contributed by atoms with Crippen LogP contribution >= 0.6 is 11.8 Å². The van der Waals surface area contributed by atoms with E-state index in [1.54, 1.807) is 24.3 Å². The smallest absolute Gasteiger partial charge is 0.328 e. The van der Waals surface area contributed by atoms with Gasteiger partial charge in [-0.25, -0.2) is 13.2 Å². The monoisotopic (exact) mass is 400 g/mol. The number of hydrogen-bond donors (Lipinski definition) is 1. The van der Waals surface area contributed by atoms with E-state index in [0.717, 1.165) is 15.3 Å². The fraction of sp³-hybridized carbons (Fsp3) is 0.412. The molecule has 0 spiro atoms. The molecule has 1 aromatic rings. The Morgan fingerprint density at radius 1 is 1.31 bits per heavy atom. The molecule has 26 heavy (non-hydrogen) atoms. The number of esters is 1. The third-order valence-electron chi connectivity index (χ3n) is 3.46. The Bertz CT molecular complexity index is 720. The van der Waals surface area contributed by atoms with Crippen molar-refractivity contribution in [3.05, 3.63) is 41.3 Å². The minimum atomic E-state index is -3.76. The number of ether oxygens (including phenoxy) is 1. The fourth-order valence-corrected chi connectivity index (χ4v) is 3.30. The molecule has 1 amide bonds. The Balaban J connectivity index is 2.68. The van der Waals surface area contributed by atoms with Crippen molar-refractivity contribution in [3.8, 4) is 0 Å². The quantitative estimate of drug-likeness (QED) is 0.596. The van der Waals surface area contributed by atoms with Crippen LogP contribution in [0.3, 0.4) is 0 Å². The van der Waals surface area contributed by atoms with Crippen molar-refractivity contribution in [3.63, 3.8) is 0 Å². The van der Waals surface area contributed by atoms with E-state index in [9.17, 15) is 18.0 Å². The van der Waals surface area contributed by atoms with Crippen LogP contribution in [0, 0.1) is 0 Å². The second-order valence-electron chi connectivity index (χ2n) is 5.44. The summed E-state index contributed by atoms with van der Waals surface area (Å²) < 4.78 is 30.1. The number of sulfonamides is 1.